The summed E-state index contributed by atoms with van der Waals surface area (Å²) in [6.07, 6.45) is 0. The average Bonchev–Trinajstić information content (AvgIpc) is 2.63. The molecule has 1 aromatic heterocycles. The number of benzene rings is 1. The first-order valence-corrected chi connectivity index (χ1v) is 6.96. The fraction of sp³-hybridized carbons (Fsp3) is 0.0909. The molecule has 5 heteroatoms. The van der Waals surface area contributed by atoms with E-state index in [9.17, 15) is 4.39 Å². The molecule has 0 saturated carbocycles. The van der Waals surface area contributed by atoms with Crippen LogP contribution in [0.1, 0.15) is 15.3 Å². The monoisotopic (exact) mass is 338 g/mol. The number of halogens is 4. The molecule has 1 atom stereocenters. The quantitative estimate of drug-likeness (QED) is 0.617. The van der Waals surface area contributed by atoms with E-state index in [1.165, 1.54) is 17.4 Å². The minimum absolute atomic E-state index is 0.239. The van der Waals surface area contributed by atoms with E-state index in [0.717, 1.165) is 4.88 Å². The summed E-state index contributed by atoms with van der Waals surface area (Å²) in [5.74, 6) is -0.334. The Morgan fingerprint density at radius 2 is 2.00 bits per heavy atom. The van der Waals surface area contributed by atoms with Crippen molar-refractivity contribution < 1.29 is 4.39 Å². The fourth-order valence-electron chi connectivity index (χ4n) is 1.33. The van der Waals surface area contributed by atoms with Crippen LogP contribution < -0.4 is 0 Å². The normalized spacial score (nSPS) is 12.8. The van der Waals surface area contributed by atoms with Crippen molar-refractivity contribution in [1.82, 2.24) is 0 Å². The van der Waals surface area contributed by atoms with Gasteiger partial charge in [-0.1, -0.05) is 45.2 Å². The zero-order valence-corrected chi connectivity index (χ0v) is 11.8. The van der Waals surface area contributed by atoms with Crippen LogP contribution >= 0.6 is 50.5 Å². The van der Waals surface area contributed by atoms with Gasteiger partial charge in [-0.3, -0.25) is 0 Å². The Labute approximate surface area is 115 Å². The van der Waals surface area contributed by atoms with Crippen molar-refractivity contribution in [3.63, 3.8) is 0 Å². The van der Waals surface area contributed by atoms with Crippen molar-refractivity contribution in [2.24, 2.45) is 0 Å². The standard InChI is InChI=1S/C11H6BrCl2FS/c12-10(11-8(14)3-4-16-11)7-2-1-6(13)5-9(7)15/h1-5,10H. The van der Waals surface area contributed by atoms with Crippen LogP contribution in [-0.2, 0) is 0 Å². The fourth-order valence-corrected chi connectivity index (χ4v) is 3.73. The van der Waals surface area contributed by atoms with Gasteiger partial charge in [0.2, 0.25) is 0 Å². The highest BCUT2D eigenvalue weighted by Crippen LogP contribution is 2.39. The minimum Gasteiger partial charge on any atom is -0.207 e. The van der Waals surface area contributed by atoms with Gasteiger partial charge in [-0.2, -0.15) is 0 Å². The maximum absolute atomic E-state index is 13.7. The van der Waals surface area contributed by atoms with Gasteiger partial charge >= 0.3 is 0 Å². The molecule has 2 rings (SSSR count). The lowest BCUT2D eigenvalue weighted by Crippen LogP contribution is -1.94. The molecular weight excluding hydrogens is 334 g/mol. The third-order valence-electron chi connectivity index (χ3n) is 2.11. The van der Waals surface area contributed by atoms with Crippen molar-refractivity contribution in [2.75, 3.05) is 0 Å². The lowest BCUT2D eigenvalue weighted by atomic mass is 10.1. The summed E-state index contributed by atoms with van der Waals surface area (Å²) in [6.45, 7) is 0. The summed E-state index contributed by atoms with van der Waals surface area (Å²) in [5.41, 5.74) is 0.536. The molecule has 2 aromatic rings. The molecule has 0 N–H and O–H groups in total. The van der Waals surface area contributed by atoms with Crippen molar-refractivity contribution >= 4 is 50.5 Å². The summed E-state index contributed by atoms with van der Waals surface area (Å²) >= 11 is 16.6. The van der Waals surface area contributed by atoms with E-state index in [0.29, 0.717) is 15.6 Å². The maximum Gasteiger partial charge on any atom is 0.129 e. The second-order valence-corrected chi connectivity index (χ2v) is 5.87. The van der Waals surface area contributed by atoms with Crippen LogP contribution in [0.2, 0.25) is 10.0 Å². The molecule has 0 saturated heterocycles. The van der Waals surface area contributed by atoms with Gasteiger partial charge in [0.05, 0.1) is 9.85 Å². The Bertz CT molecular complexity index is 512. The molecule has 0 aliphatic heterocycles. The molecule has 0 aliphatic carbocycles. The molecule has 16 heavy (non-hydrogen) atoms. The summed E-state index contributed by atoms with van der Waals surface area (Å²) in [6, 6.07) is 6.42. The average molecular weight is 340 g/mol. The smallest absolute Gasteiger partial charge is 0.129 e. The van der Waals surface area contributed by atoms with Crippen molar-refractivity contribution in [3.8, 4) is 0 Å². The number of hydrogen-bond donors (Lipinski definition) is 0. The van der Waals surface area contributed by atoms with Crippen LogP contribution in [0.25, 0.3) is 0 Å². The molecule has 1 aromatic carbocycles. The molecule has 84 valence electrons. The summed E-state index contributed by atoms with van der Waals surface area (Å²) in [4.78, 5) is 0.653. The molecule has 0 aliphatic rings. The minimum atomic E-state index is -0.334. The molecule has 0 bridgehead atoms. The Morgan fingerprint density at radius 1 is 1.25 bits per heavy atom. The summed E-state index contributed by atoms with van der Waals surface area (Å²) in [7, 11) is 0. The molecular formula is C11H6BrCl2FS. The van der Waals surface area contributed by atoms with Crippen LogP contribution in [-0.4, -0.2) is 0 Å². The van der Waals surface area contributed by atoms with Crippen LogP contribution in [0.5, 0.6) is 0 Å². The van der Waals surface area contributed by atoms with E-state index in [4.69, 9.17) is 23.2 Å². The highest BCUT2D eigenvalue weighted by molar-refractivity contribution is 9.09. The van der Waals surface area contributed by atoms with Crippen LogP contribution in [0.3, 0.4) is 0 Å². The van der Waals surface area contributed by atoms with Gasteiger partial charge in [0, 0.05) is 15.5 Å². The van der Waals surface area contributed by atoms with Gasteiger partial charge in [0.15, 0.2) is 0 Å². The van der Waals surface area contributed by atoms with E-state index >= 15 is 0 Å². The van der Waals surface area contributed by atoms with E-state index in [1.807, 2.05) is 5.38 Å². The number of thiophene rings is 1. The predicted octanol–water partition coefficient (Wildman–Crippen LogP) is 5.68. The van der Waals surface area contributed by atoms with Gasteiger partial charge in [-0.05, 0) is 23.6 Å². The van der Waals surface area contributed by atoms with Crippen molar-refractivity contribution in [1.29, 1.82) is 0 Å². The van der Waals surface area contributed by atoms with E-state index < -0.39 is 0 Å². The second kappa shape index (κ2) is 5.05. The van der Waals surface area contributed by atoms with E-state index in [1.54, 1.807) is 18.2 Å². The van der Waals surface area contributed by atoms with E-state index in [2.05, 4.69) is 15.9 Å². The number of rotatable bonds is 2. The lowest BCUT2D eigenvalue weighted by Gasteiger charge is -2.10. The Balaban J connectivity index is 2.41. The molecule has 0 fully saturated rings. The predicted molar refractivity (Wildman–Crippen MR) is 71.5 cm³/mol. The number of alkyl halides is 1. The van der Waals surface area contributed by atoms with Gasteiger partial charge in [-0.15, -0.1) is 11.3 Å². The topological polar surface area (TPSA) is 0 Å². The lowest BCUT2D eigenvalue weighted by molar-refractivity contribution is 0.614. The van der Waals surface area contributed by atoms with Gasteiger partial charge in [0.25, 0.3) is 0 Å². The zero-order valence-electron chi connectivity index (χ0n) is 7.88. The maximum atomic E-state index is 13.7. The third-order valence-corrected chi connectivity index (χ3v) is 5.02. The van der Waals surface area contributed by atoms with Crippen molar-refractivity contribution in [3.05, 3.63) is 55.9 Å². The first kappa shape index (κ1) is 12.4. The molecule has 0 radical (unpaired) electrons. The van der Waals surface area contributed by atoms with E-state index in [-0.39, 0.29) is 10.6 Å². The largest absolute Gasteiger partial charge is 0.207 e. The summed E-state index contributed by atoms with van der Waals surface area (Å²) in [5, 5.41) is 2.90. The van der Waals surface area contributed by atoms with Crippen molar-refractivity contribution in [2.45, 2.75) is 4.83 Å². The van der Waals surface area contributed by atoms with Gasteiger partial charge < -0.3 is 0 Å². The highest BCUT2D eigenvalue weighted by Gasteiger charge is 2.18. The van der Waals surface area contributed by atoms with Crippen LogP contribution in [0, 0.1) is 5.82 Å². The molecule has 0 nitrogen and oxygen atoms in total. The SMILES string of the molecule is Fc1cc(Cl)ccc1C(Br)c1sccc1Cl. The molecule has 0 spiro atoms. The molecule has 0 amide bonds. The van der Waals surface area contributed by atoms with Crippen LogP contribution in [0.15, 0.2) is 29.6 Å². The first-order valence-electron chi connectivity index (χ1n) is 4.41. The highest BCUT2D eigenvalue weighted by atomic mass is 79.9. The Kier molecular flexibility index (Phi) is 3.90. The Morgan fingerprint density at radius 3 is 2.56 bits per heavy atom. The number of hydrogen-bond acceptors (Lipinski definition) is 1. The zero-order chi connectivity index (χ0) is 11.7. The second-order valence-electron chi connectivity index (χ2n) is 3.16. The summed E-state index contributed by atoms with van der Waals surface area (Å²) < 4.78 is 13.7. The molecule has 1 heterocycles. The third kappa shape index (κ3) is 2.43. The van der Waals surface area contributed by atoms with Gasteiger partial charge in [0.1, 0.15) is 5.82 Å². The first-order chi connectivity index (χ1) is 7.59. The molecule has 1 unspecified atom stereocenters. The van der Waals surface area contributed by atoms with Gasteiger partial charge in [-0.25, -0.2) is 4.39 Å². The van der Waals surface area contributed by atoms with Crippen LogP contribution in [0.4, 0.5) is 4.39 Å². The Hall–Kier alpha value is -0.0900.